The van der Waals surface area contributed by atoms with Crippen molar-refractivity contribution in [2.45, 2.75) is 53.8 Å². The van der Waals surface area contributed by atoms with E-state index in [1.807, 2.05) is 13.8 Å². The Morgan fingerprint density at radius 1 is 1.12 bits per heavy atom. The number of rotatable bonds is 8. The van der Waals surface area contributed by atoms with Crippen LogP contribution in [0.4, 0.5) is 0 Å². The molecule has 0 radical (unpaired) electrons. The largest absolute Gasteiger partial charge is 0.353 e. The molecule has 1 unspecified atom stereocenters. The molecule has 0 aliphatic rings. The molecule has 0 aliphatic carbocycles. The molecule has 2 nitrogen and oxygen atoms in total. The van der Waals surface area contributed by atoms with E-state index in [0.29, 0.717) is 13.2 Å². The van der Waals surface area contributed by atoms with Gasteiger partial charge < -0.3 is 9.47 Å². The summed E-state index contributed by atoms with van der Waals surface area (Å²) in [6.07, 6.45) is 6.52. The SMILES string of the molecule is CCOC(C)OC/C=C(\C)CCC=C(C)C. The normalized spacial score (nSPS) is 13.7. The first-order valence-corrected chi connectivity index (χ1v) is 6.08. The van der Waals surface area contributed by atoms with Gasteiger partial charge in [0, 0.05) is 6.61 Å². The molecule has 0 aliphatic heterocycles. The van der Waals surface area contributed by atoms with E-state index >= 15 is 0 Å². The maximum atomic E-state index is 5.47. The van der Waals surface area contributed by atoms with Crippen molar-refractivity contribution in [3.63, 3.8) is 0 Å². The van der Waals surface area contributed by atoms with Gasteiger partial charge in [0.1, 0.15) is 0 Å². The Hall–Kier alpha value is -0.600. The Morgan fingerprint density at radius 3 is 2.38 bits per heavy atom. The Bertz CT molecular complexity index is 225. The number of hydrogen-bond donors (Lipinski definition) is 0. The third-order valence-corrected chi connectivity index (χ3v) is 2.26. The first kappa shape index (κ1) is 15.4. The Morgan fingerprint density at radius 2 is 1.81 bits per heavy atom. The molecule has 0 rings (SSSR count). The quantitative estimate of drug-likeness (QED) is 0.458. The topological polar surface area (TPSA) is 18.5 Å². The predicted molar refractivity (Wildman–Crippen MR) is 69.5 cm³/mol. The van der Waals surface area contributed by atoms with Crippen LogP contribution in [0.2, 0.25) is 0 Å². The van der Waals surface area contributed by atoms with Crippen molar-refractivity contribution in [3.05, 3.63) is 23.3 Å². The van der Waals surface area contributed by atoms with Crippen molar-refractivity contribution < 1.29 is 9.47 Å². The van der Waals surface area contributed by atoms with Gasteiger partial charge in [-0.2, -0.15) is 0 Å². The second-order valence-electron chi connectivity index (χ2n) is 4.23. The van der Waals surface area contributed by atoms with Crippen LogP contribution in [0.1, 0.15) is 47.5 Å². The van der Waals surface area contributed by atoms with E-state index in [0.717, 1.165) is 12.8 Å². The molecule has 94 valence electrons. The van der Waals surface area contributed by atoms with E-state index in [4.69, 9.17) is 9.47 Å². The highest BCUT2D eigenvalue weighted by atomic mass is 16.7. The maximum Gasteiger partial charge on any atom is 0.155 e. The summed E-state index contributed by atoms with van der Waals surface area (Å²) in [4.78, 5) is 0. The van der Waals surface area contributed by atoms with Crippen molar-refractivity contribution >= 4 is 0 Å². The van der Waals surface area contributed by atoms with Crippen LogP contribution >= 0.6 is 0 Å². The first-order valence-electron chi connectivity index (χ1n) is 6.08. The van der Waals surface area contributed by atoms with Crippen molar-refractivity contribution in [2.75, 3.05) is 13.2 Å². The molecule has 0 N–H and O–H groups in total. The summed E-state index contributed by atoms with van der Waals surface area (Å²) in [5.74, 6) is 0. The monoisotopic (exact) mass is 226 g/mol. The molecule has 0 saturated carbocycles. The molecule has 0 aromatic heterocycles. The fraction of sp³-hybridized carbons (Fsp3) is 0.714. The molecule has 16 heavy (non-hydrogen) atoms. The van der Waals surface area contributed by atoms with E-state index in [1.54, 1.807) is 0 Å². The zero-order valence-corrected chi connectivity index (χ0v) is 11.4. The lowest BCUT2D eigenvalue weighted by Crippen LogP contribution is -2.12. The second kappa shape index (κ2) is 9.61. The Balaban J connectivity index is 3.66. The minimum absolute atomic E-state index is 0.105. The molecule has 0 fully saturated rings. The van der Waals surface area contributed by atoms with Crippen molar-refractivity contribution in [1.29, 1.82) is 0 Å². The van der Waals surface area contributed by atoms with E-state index in [1.165, 1.54) is 11.1 Å². The zero-order valence-electron chi connectivity index (χ0n) is 11.4. The van der Waals surface area contributed by atoms with Crippen LogP contribution in [0, 0.1) is 0 Å². The van der Waals surface area contributed by atoms with E-state index in [2.05, 4.69) is 32.9 Å². The van der Waals surface area contributed by atoms with Gasteiger partial charge in [0.2, 0.25) is 0 Å². The Labute approximate surface area is 100 Å². The van der Waals surface area contributed by atoms with E-state index in [-0.39, 0.29) is 6.29 Å². The van der Waals surface area contributed by atoms with Gasteiger partial charge in [0.25, 0.3) is 0 Å². The summed E-state index contributed by atoms with van der Waals surface area (Å²) in [6.45, 7) is 11.6. The molecule has 0 heterocycles. The lowest BCUT2D eigenvalue weighted by atomic mass is 10.1. The van der Waals surface area contributed by atoms with Crippen LogP contribution in [0.3, 0.4) is 0 Å². The van der Waals surface area contributed by atoms with Crippen LogP contribution in [0.25, 0.3) is 0 Å². The summed E-state index contributed by atoms with van der Waals surface area (Å²) < 4.78 is 10.7. The highest BCUT2D eigenvalue weighted by molar-refractivity contribution is 5.02. The van der Waals surface area contributed by atoms with Gasteiger partial charge in [-0.05, 0) is 47.5 Å². The van der Waals surface area contributed by atoms with Crippen molar-refractivity contribution in [1.82, 2.24) is 0 Å². The first-order chi connectivity index (χ1) is 7.56. The van der Waals surface area contributed by atoms with E-state index in [9.17, 15) is 0 Å². The lowest BCUT2D eigenvalue weighted by Gasteiger charge is -2.11. The molecule has 0 saturated heterocycles. The van der Waals surface area contributed by atoms with Crippen LogP contribution in [0.5, 0.6) is 0 Å². The van der Waals surface area contributed by atoms with Crippen LogP contribution < -0.4 is 0 Å². The average Bonchev–Trinajstić information content (AvgIpc) is 2.17. The standard InChI is InChI=1S/C14H26O2/c1-6-15-14(5)16-11-10-13(4)9-7-8-12(2)3/h8,10,14H,6-7,9,11H2,1-5H3/b13-10+. The molecule has 0 aromatic carbocycles. The van der Waals surface area contributed by atoms with Crippen molar-refractivity contribution in [2.24, 2.45) is 0 Å². The predicted octanol–water partition coefficient (Wildman–Crippen LogP) is 4.08. The number of ether oxygens (including phenoxy) is 2. The third kappa shape index (κ3) is 9.94. The Kier molecular flexibility index (Phi) is 9.25. The average molecular weight is 226 g/mol. The summed E-state index contributed by atoms with van der Waals surface area (Å²) in [5.41, 5.74) is 2.76. The zero-order chi connectivity index (χ0) is 12.4. The van der Waals surface area contributed by atoms with Gasteiger partial charge in [-0.15, -0.1) is 0 Å². The molecule has 0 bridgehead atoms. The molecular formula is C14H26O2. The lowest BCUT2D eigenvalue weighted by molar-refractivity contribution is -0.118. The minimum Gasteiger partial charge on any atom is -0.353 e. The van der Waals surface area contributed by atoms with Crippen LogP contribution in [0.15, 0.2) is 23.3 Å². The molecule has 1 atom stereocenters. The minimum atomic E-state index is -0.105. The van der Waals surface area contributed by atoms with E-state index < -0.39 is 0 Å². The summed E-state index contributed by atoms with van der Waals surface area (Å²) in [7, 11) is 0. The molecule has 2 heteroatoms. The summed E-state index contributed by atoms with van der Waals surface area (Å²) in [6, 6.07) is 0. The van der Waals surface area contributed by atoms with Gasteiger partial charge in [-0.1, -0.05) is 23.3 Å². The van der Waals surface area contributed by atoms with Gasteiger partial charge in [-0.3, -0.25) is 0 Å². The van der Waals surface area contributed by atoms with Crippen LogP contribution in [-0.2, 0) is 9.47 Å². The summed E-state index contributed by atoms with van der Waals surface area (Å²) in [5, 5.41) is 0. The van der Waals surface area contributed by atoms with Gasteiger partial charge in [0.15, 0.2) is 6.29 Å². The fourth-order valence-electron chi connectivity index (χ4n) is 1.30. The number of allylic oxidation sites excluding steroid dienone is 3. The third-order valence-electron chi connectivity index (χ3n) is 2.26. The van der Waals surface area contributed by atoms with Gasteiger partial charge in [-0.25, -0.2) is 0 Å². The fourth-order valence-corrected chi connectivity index (χ4v) is 1.30. The van der Waals surface area contributed by atoms with Crippen LogP contribution in [-0.4, -0.2) is 19.5 Å². The molecule has 0 spiro atoms. The van der Waals surface area contributed by atoms with Gasteiger partial charge >= 0.3 is 0 Å². The molecule has 0 aromatic rings. The number of hydrogen-bond acceptors (Lipinski definition) is 2. The highest BCUT2D eigenvalue weighted by Crippen LogP contribution is 2.06. The second-order valence-corrected chi connectivity index (χ2v) is 4.23. The maximum absolute atomic E-state index is 5.47. The summed E-state index contributed by atoms with van der Waals surface area (Å²) >= 11 is 0. The molecular weight excluding hydrogens is 200 g/mol. The smallest absolute Gasteiger partial charge is 0.155 e. The highest BCUT2D eigenvalue weighted by Gasteiger charge is 1.97. The molecule has 0 amide bonds. The van der Waals surface area contributed by atoms with Gasteiger partial charge in [0.05, 0.1) is 6.61 Å². The van der Waals surface area contributed by atoms with Crippen molar-refractivity contribution in [3.8, 4) is 0 Å².